The molecule has 0 aliphatic heterocycles. The summed E-state index contributed by atoms with van der Waals surface area (Å²) in [7, 11) is 5.53. The molecule has 2 aromatic rings. The van der Waals surface area contributed by atoms with Crippen molar-refractivity contribution in [1.29, 1.82) is 0 Å². The first-order chi connectivity index (χ1) is 9.19. The lowest BCUT2D eigenvalue weighted by molar-refractivity contribution is 0.411. The quantitative estimate of drug-likeness (QED) is 0.889. The van der Waals surface area contributed by atoms with Gasteiger partial charge in [0, 0.05) is 25.0 Å². The average Bonchev–Trinajstić information content (AvgIpc) is 2.81. The van der Waals surface area contributed by atoms with E-state index in [2.05, 4.69) is 28.5 Å². The standard InChI is InChI=1S/C14H20N4O/c1-5-13-12(9-18(3)17-13)14(15-2)10-6-11(19-4)8-16-7-10/h6-9,14-15H,5H2,1-4H3. The van der Waals surface area contributed by atoms with Gasteiger partial charge in [0.1, 0.15) is 5.75 Å². The summed E-state index contributed by atoms with van der Waals surface area (Å²) in [4.78, 5) is 4.22. The summed E-state index contributed by atoms with van der Waals surface area (Å²) in [5, 5.41) is 7.82. The monoisotopic (exact) mass is 260 g/mol. The van der Waals surface area contributed by atoms with Gasteiger partial charge in [0.2, 0.25) is 0 Å². The van der Waals surface area contributed by atoms with E-state index in [0.717, 1.165) is 23.4 Å². The second kappa shape index (κ2) is 5.84. The predicted octanol–water partition coefficient (Wildman–Crippen LogP) is 1.69. The average molecular weight is 260 g/mol. The molecule has 5 nitrogen and oxygen atoms in total. The lowest BCUT2D eigenvalue weighted by atomic mass is 10.00. The molecule has 0 aromatic carbocycles. The van der Waals surface area contributed by atoms with Crippen molar-refractivity contribution in [2.75, 3.05) is 14.2 Å². The number of rotatable bonds is 5. The molecule has 1 N–H and O–H groups in total. The smallest absolute Gasteiger partial charge is 0.137 e. The zero-order valence-electron chi connectivity index (χ0n) is 11.8. The van der Waals surface area contributed by atoms with Gasteiger partial charge >= 0.3 is 0 Å². The Morgan fingerprint density at radius 1 is 1.42 bits per heavy atom. The van der Waals surface area contributed by atoms with Crippen molar-refractivity contribution >= 4 is 0 Å². The Bertz CT molecular complexity index is 550. The van der Waals surface area contributed by atoms with Crippen molar-refractivity contribution in [2.45, 2.75) is 19.4 Å². The molecule has 0 bridgehead atoms. The Hall–Kier alpha value is -1.88. The summed E-state index contributed by atoms with van der Waals surface area (Å²) in [6, 6.07) is 2.08. The fourth-order valence-electron chi connectivity index (χ4n) is 2.28. The van der Waals surface area contributed by atoms with Gasteiger partial charge in [-0.3, -0.25) is 9.67 Å². The van der Waals surface area contributed by atoms with E-state index in [1.165, 1.54) is 5.56 Å². The number of pyridine rings is 1. The van der Waals surface area contributed by atoms with Crippen molar-refractivity contribution in [1.82, 2.24) is 20.1 Å². The fraction of sp³-hybridized carbons (Fsp3) is 0.429. The van der Waals surface area contributed by atoms with E-state index in [1.54, 1.807) is 13.3 Å². The fourth-order valence-corrected chi connectivity index (χ4v) is 2.28. The normalized spacial score (nSPS) is 12.4. The van der Waals surface area contributed by atoms with Crippen LogP contribution >= 0.6 is 0 Å². The predicted molar refractivity (Wildman–Crippen MR) is 74.3 cm³/mol. The van der Waals surface area contributed by atoms with Crippen LogP contribution in [-0.2, 0) is 13.5 Å². The molecular formula is C14H20N4O. The minimum Gasteiger partial charge on any atom is -0.495 e. The Kier molecular flexibility index (Phi) is 4.16. The van der Waals surface area contributed by atoms with Gasteiger partial charge in [0.25, 0.3) is 0 Å². The summed E-state index contributed by atoms with van der Waals surface area (Å²) in [5.74, 6) is 0.764. The molecule has 0 saturated heterocycles. The number of methoxy groups -OCH3 is 1. The number of nitrogens with zero attached hydrogens (tertiary/aromatic N) is 3. The van der Waals surface area contributed by atoms with E-state index in [-0.39, 0.29) is 6.04 Å². The van der Waals surface area contributed by atoms with E-state index in [0.29, 0.717) is 0 Å². The van der Waals surface area contributed by atoms with E-state index in [1.807, 2.05) is 31.0 Å². The van der Waals surface area contributed by atoms with Crippen LogP contribution in [0.2, 0.25) is 0 Å². The molecule has 19 heavy (non-hydrogen) atoms. The van der Waals surface area contributed by atoms with Crippen molar-refractivity contribution in [2.24, 2.45) is 7.05 Å². The minimum atomic E-state index is 0.0752. The van der Waals surface area contributed by atoms with Crippen LogP contribution in [0.25, 0.3) is 0 Å². The van der Waals surface area contributed by atoms with Gasteiger partial charge in [0.05, 0.1) is 25.0 Å². The summed E-state index contributed by atoms with van der Waals surface area (Å²) in [6.07, 6.45) is 6.53. The van der Waals surface area contributed by atoms with Crippen LogP contribution in [0.15, 0.2) is 24.7 Å². The molecule has 0 radical (unpaired) electrons. The highest BCUT2D eigenvalue weighted by Gasteiger charge is 2.18. The highest BCUT2D eigenvalue weighted by molar-refractivity contribution is 5.35. The largest absolute Gasteiger partial charge is 0.495 e. The van der Waals surface area contributed by atoms with Crippen molar-refractivity contribution in [3.8, 4) is 5.75 Å². The zero-order valence-corrected chi connectivity index (χ0v) is 11.8. The number of aromatic nitrogens is 3. The molecule has 2 rings (SSSR count). The highest BCUT2D eigenvalue weighted by Crippen LogP contribution is 2.26. The number of ether oxygens (including phenoxy) is 1. The van der Waals surface area contributed by atoms with E-state index < -0.39 is 0 Å². The van der Waals surface area contributed by atoms with Crippen LogP contribution in [0.4, 0.5) is 0 Å². The summed E-state index contributed by atoms with van der Waals surface area (Å²) in [5.41, 5.74) is 3.36. The lowest BCUT2D eigenvalue weighted by Crippen LogP contribution is -2.18. The topological polar surface area (TPSA) is 52.0 Å². The Morgan fingerprint density at radius 2 is 2.21 bits per heavy atom. The van der Waals surface area contributed by atoms with Gasteiger partial charge in [-0.05, 0) is 25.1 Å². The second-order valence-corrected chi connectivity index (χ2v) is 4.44. The maximum absolute atomic E-state index is 5.24. The SMILES string of the molecule is CCc1nn(C)cc1C(NC)c1cncc(OC)c1. The van der Waals surface area contributed by atoms with Crippen LogP contribution in [0.1, 0.15) is 29.8 Å². The molecule has 5 heteroatoms. The van der Waals surface area contributed by atoms with E-state index in [4.69, 9.17) is 4.74 Å². The van der Waals surface area contributed by atoms with E-state index >= 15 is 0 Å². The Labute approximate surface area is 113 Å². The van der Waals surface area contributed by atoms with Gasteiger partial charge in [0.15, 0.2) is 0 Å². The first kappa shape index (κ1) is 13.5. The molecule has 0 spiro atoms. The van der Waals surface area contributed by atoms with Gasteiger partial charge in [-0.1, -0.05) is 6.92 Å². The van der Waals surface area contributed by atoms with Crippen molar-refractivity contribution in [3.63, 3.8) is 0 Å². The van der Waals surface area contributed by atoms with E-state index in [9.17, 15) is 0 Å². The molecule has 2 heterocycles. The maximum atomic E-state index is 5.24. The first-order valence-electron chi connectivity index (χ1n) is 6.38. The second-order valence-electron chi connectivity index (χ2n) is 4.44. The molecule has 0 saturated carbocycles. The van der Waals surface area contributed by atoms with Gasteiger partial charge < -0.3 is 10.1 Å². The molecule has 0 aliphatic rings. The van der Waals surface area contributed by atoms with Crippen LogP contribution in [0.5, 0.6) is 5.75 Å². The summed E-state index contributed by atoms with van der Waals surface area (Å²) < 4.78 is 7.09. The third kappa shape index (κ3) is 2.76. The number of nitrogens with one attached hydrogen (secondary N) is 1. The van der Waals surface area contributed by atoms with Crippen LogP contribution in [0.3, 0.4) is 0 Å². The van der Waals surface area contributed by atoms with Gasteiger partial charge in [-0.15, -0.1) is 0 Å². The highest BCUT2D eigenvalue weighted by atomic mass is 16.5. The molecule has 0 fully saturated rings. The number of aryl methyl sites for hydroxylation is 2. The Morgan fingerprint density at radius 3 is 2.84 bits per heavy atom. The molecule has 1 unspecified atom stereocenters. The number of hydrogen-bond acceptors (Lipinski definition) is 4. The summed E-state index contributed by atoms with van der Waals surface area (Å²) >= 11 is 0. The third-order valence-corrected chi connectivity index (χ3v) is 3.18. The molecule has 1 atom stereocenters. The molecule has 0 amide bonds. The minimum absolute atomic E-state index is 0.0752. The molecule has 0 aliphatic carbocycles. The molecule has 102 valence electrons. The van der Waals surface area contributed by atoms with Crippen molar-refractivity contribution in [3.05, 3.63) is 41.5 Å². The Balaban J connectivity index is 2.43. The molecular weight excluding hydrogens is 240 g/mol. The first-order valence-corrected chi connectivity index (χ1v) is 6.38. The zero-order chi connectivity index (χ0) is 13.8. The molecule has 2 aromatic heterocycles. The van der Waals surface area contributed by atoms with Crippen molar-refractivity contribution < 1.29 is 4.74 Å². The van der Waals surface area contributed by atoms with Gasteiger partial charge in [-0.2, -0.15) is 5.10 Å². The lowest BCUT2D eigenvalue weighted by Gasteiger charge is -2.16. The van der Waals surface area contributed by atoms with Crippen LogP contribution < -0.4 is 10.1 Å². The summed E-state index contributed by atoms with van der Waals surface area (Å²) in [6.45, 7) is 2.11. The third-order valence-electron chi connectivity index (χ3n) is 3.18. The van der Waals surface area contributed by atoms with Gasteiger partial charge in [-0.25, -0.2) is 0 Å². The number of hydrogen-bond donors (Lipinski definition) is 1. The van der Waals surface area contributed by atoms with Crippen LogP contribution in [0, 0.1) is 0 Å². The van der Waals surface area contributed by atoms with Crippen LogP contribution in [-0.4, -0.2) is 28.9 Å². The maximum Gasteiger partial charge on any atom is 0.137 e.